The van der Waals surface area contributed by atoms with Crippen molar-refractivity contribution in [3.63, 3.8) is 0 Å². The van der Waals surface area contributed by atoms with E-state index in [9.17, 15) is 21.6 Å². The lowest BCUT2D eigenvalue weighted by Crippen LogP contribution is -2.34. The van der Waals surface area contributed by atoms with Crippen LogP contribution in [0.1, 0.15) is 20.3 Å². The van der Waals surface area contributed by atoms with Crippen LogP contribution in [0, 0.1) is 0 Å². The summed E-state index contributed by atoms with van der Waals surface area (Å²) in [7, 11) is -2.28. The second-order valence-corrected chi connectivity index (χ2v) is 6.51. The average Bonchev–Trinajstić information content (AvgIpc) is 2.43. The first-order chi connectivity index (χ1) is 9.58. The van der Waals surface area contributed by atoms with Gasteiger partial charge < -0.3 is 4.74 Å². The van der Waals surface area contributed by atoms with Crippen molar-refractivity contribution in [3.05, 3.63) is 18.3 Å². The molecule has 1 atom stereocenters. The number of hydrogen-bond acceptors (Lipinski definition) is 4. The van der Waals surface area contributed by atoms with Gasteiger partial charge in [-0.15, -0.1) is 0 Å². The maximum atomic E-state index is 12.2. The Morgan fingerprint density at radius 3 is 2.43 bits per heavy atom. The quantitative estimate of drug-likeness (QED) is 0.806. The van der Waals surface area contributed by atoms with E-state index in [2.05, 4.69) is 9.72 Å². The van der Waals surface area contributed by atoms with E-state index in [1.165, 1.54) is 17.4 Å². The summed E-state index contributed by atoms with van der Waals surface area (Å²) in [4.78, 5) is 3.49. The molecule has 0 aliphatic heterocycles. The van der Waals surface area contributed by atoms with E-state index in [4.69, 9.17) is 0 Å². The summed E-state index contributed by atoms with van der Waals surface area (Å²) < 4.78 is 66.0. The third-order valence-electron chi connectivity index (χ3n) is 2.98. The Labute approximate surface area is 121 Å². The molecule has 0 aliphatic rings. The Balaban J connectivity index is 2.87. The Morgan fingerprint density at radius 2 is 2.00 bits per heavy atom. The van der Waals surface area contributed by atoms with Crippen LogP contribution in [0.25, 0.3) is 0 Å². The van der Waals surface area contributed by atoms with Gasteiger partial charge in [0.2, 0.25) is 15.9 Å². The molecule has 5 nitrogen and oxygen atoms in total. The molecule has 0 bridgehead atoms. The van der Waals surface area contributed by atoms with Crippen molar-refractivity contribution < 1.29 is 26.3 Å². The van der Waals surface area contributed by atoms with Gasteiger partial charge in [-0.05, 0) is 19.4 Å². The molecular formula is C12H17F3N2O3S. The number of hydrogen-bond donors (Lipinski definition) is 0. The van der Waals surface area contributed by atoms with Crippen molar-refractivity contribution in [3.8, 4) is 5.88 Å². The molecule has 1 rings (SSSR count). The van der Waals surface area contributed by atoms with E-state index in [1.807, 2.05) is 6.92 Å². The molecule has 0 amide bonds. The van der Waals surface area contributed by atoms with Gasteiger partial charge in [-0.2, -0.15) is 17.5 Å². The minimum atomic E-state index is -4.47. The normalized spacial score (nSPS) is 14.2. The second-order valence-electron chi connectivity index (χ2n) is 4.51. The lowest BCUT2D eigenvalue weighted by Gasteiger charge is -2.23. The van der Waals surface area contributed by atoms with E-state index in [1.54, 1.807) is 6.92 Å². The van der Waals surface area contributed by atoms with Crippen LogP contribution in [0.5, 0.6) is 5.88 Å². The number of rotatable bonds is 6. The van der Waals surface area contributed by atoms with E-state index in [-0.39, 0.29) is 16.8 Å². The molecule has 0 fully saturated rings. The maximum absolute atomic E-state index is 12.2. The highest BCUT2D eigenvalue weighted by atomic mass is 32.2. The first kappa shape index (κ1) is 17.7. The van der Waals surface area contributed by atoms with Crippen molar-refractivity contribution in [2.45, 2.75) is 37.4 Å². The summed E-state index contributed by atoms with van der Waals surface area (Å²) >= 11 is 0. The number of ether oxygens (including phenoxy) is 1. The number of aromatic nitrogens is 1. The van der Waals surface area contributed by atoms with Crippen molar-refractivity contribution in [2.75, 3.05) is 13.7 Å². The van der Waals surface area contributed by atoms with Gasteiger partial charge in [-0.3, -0.25) is 0 Å². The van der Waals surface area contributed by atoms with Gasteiger partial charge in [-0.1, -0.05) is 6.92 Å². The smallest absolute Gasteiger partial charge is 0.422 e. The lowest BCUT2D eigenvalue weighted by molar-refractivity contribution is -0.154. The minimum absolute atomic E-state index is 0.0929. The zero-order valence-corrected chi connectivity index (χ0v) is 12.7. The number of pyridine rings is 1. The summed E-state index contributed by atoms with van der Waals surface area (Å²) in [5.74, 6) is -0.280. The molecule has 1 heterocycles. The summed E-state index contributed by atoms with van der Waals surface area (Å²) in [6.45, 7) is 2.13. The zero-order chi connectivity index (χ0) is 16.3. The van der Waals surface area contributed by atoms with E-state index in [0.29, 0.717) is 6.42 Å². The predicted octanol–water partition coefficient (Wildman–Crippen LogP) is 2.44. The van der Waals surface area contributed by atoms with Gasteiger partial charge in [0.05, 0.1) is 6.20 Å². The topological polar surface area (TPSA) is 59.5 Å². The van der Waals surface area contributed by atoms with Crippen LogP contribution in [0.4, 0.5) is 13.2 Å². The first-order valence-electron chi connectivity index (χ1n) is 6.21. The molecule has 1 aromatic heterocycles. The van der Waals surface area contributed by atoms with Gasteiger partial charge in [0.25, 0.3) is 0 Å². The van der Waals surface area contributed by atoms with Crippen molar-refractivity contribution >= 4 is 10.0 Å². The van der Waals surface area contributed by atoms with Crippen LogP contribution in [-0.4, -0.2) is 43.6 Å². The number of halogens is 3. The molecular weight excluding hydrogens is 309 g/mol. The molecule has 21 heavy (non-hydrogen) atoms. The van der Waals surface area contributed by atoms with Crippen LogP contribution < -0.4 is 4.74 Å². The van der Waals surface area contributed by atoms with Crippen LogP contribution >= 0.6 is 0 Å². The SMILES string of the molecule is CC[C@H](C)N(C)S(=O)(=O)c1ccc(OCC(F)(F)F)nc1. The second kappa shape index (κ2) is 6.61. The number of nitrogens with zero attached hydrogens (tertiary/aromatic N) is 2. The van der Waals surface area contributed by atoms with Crippen LogP contribution in [0.15, 0.2) is 23.2 Å². The summed E-state index contributed by atoms with van der Waals surface area (Å²) in [6.07, 6.45) is -2.85. The molecule has 0 aliphatic carbocycles. The Morgan fingerprint density at radius 1 is 1.38 bits per heavy atom. The molecule has 1 aromatic rings. The molecule has 0 unspecified atom stereocenters. The molecule has 0 radical (unpaired) electrons. The fourth-order valence-electron chi connectivity index (χ4n) is 1.42. The summed E-state index contributed by atoms with van der Waals surface area (Å²) in [5, 5.41) is 0. The van der Waals surface area contributed by atoms with Crippen molar-refractivity contribution in [1.29, 1.82) is 0 Å². The number of sulfonamides is 1. The fraction of sp³-hybridized carbons (Fsp3) is 0.583. The Kier molecular flexibility index (Phi) is 5.57. The highest BCUT2D eigenvalue weighted by Gasteiger charge is 2.29. The van der Waals surface area contributed by atoms with Gasteiger partial charge in [-0.25, -0.2) is 13.4 Å². The summed E-state index contributed by atoms with van der Waals surface area (Å²) in [6, 6.07) is 2.08. The highest BCUT2D eigenvalue weighted by molar-refractivity contribution is 7.89. The van der Waals surface area contributed by atoms with Gasteiger partial charge in [0.1, 0.15) is 4.90 Å². The van der Waals surface area contributed by atoms with Crippen LogP contribution in [-0.2, 0) is 10.0 Å². The Hall–Kier alpha value is -1.35. The van der Waals surface area contributed by atoms with E-state index < -0.39 is 22.8 Å². The molecule has 0 saturated carbocycles. The van der Waals surface area contributed by atoms with E-state index >= 15 is 0 Å². The van der Waals surface area contributed by atoms with E-state index in [0.717, 1.165) is 12.3 Å². The molecule has 0 saturated heterocycles. The average molecular weight is 326 g/mol. The highest BCUT2D eigenvalue weighted by Crippen LogP contribution is 2.20. The van der Waals surface area contributed by atoms with Gasteiger partial charge in [0, 0.05) is 19.2 Å². The largest absolute Gasteiger partial charge is 0.468 e. The standard InChI is InChI=1S/C12H17F3N2O3S/c1-4-9(2)17(3)21(18,19)10-5-6-11(16-7-10)20-8-12(13,14)15/h5-7,9H,4,8H2,1-3H3/t9-/m0/s1. The molecule has 0 spiro atoms. The van der Waals surface area contributed by atoms with Crippen molar-refractivity contribution in [1.82, 2.24) is 9.29 Å². The third kappa shape index (κ3) is 4.85. The Bertz CT molecular complexity index is 558. The zero-order valence-electron chi connectivity index (χ0n) is 11.9. The van der Waals surface area contributed by atoms with Crippen molar-refractivity contribution in [2.24, 2.45) is 0 Å². The van der Waals surface area contributed by atoms with Gasteiger partial charge in [0.15, 0.2) is 6.61 Å². The third-order valence-corrected chi connectivity index (χ3v) is 4.94. The minimum Gasteiger partial charge on any atom is -0.468 e. The molecule has 9 heteroatoms. The number of alkyl halides is 3. The van der Waals surface area contributed by atoms with Gasteiger partial charge >= 0.3 is 6.18 Å². The molecule has 0 aromatic carbocycles. The van der Waals surface area contributed by atoms with Crippen LogP contribution in [0.3, 0.4) is 0 Å². The van der Waals surface area contributed by atoms with Crippen LogP contribution in [0.2, 0.25) is 0 Å². The summed E-state index contributed by atoms with van der Waals surface area (Å²) in [5.41, 5.74) is 0. The molecule has 120 valence electrons. The maximum Gasteiger partial charge on any atom is 0.422 e. The molecule has 0 N–H and O–H groups in total. The lowest BCUT2D eigenvalue weighted by atomic mass is 10.3. The monoisotopic (exact) mass is 326 g/mol. The predicted molar refractivity (Wildman–Crippen MR) is 70.5 cm³/mol. The fourth-order valence-corrected chi connectivity index (χ4v) is 2.80. The first-order valence-corrected chi connectivity index (χ1v) is 7.65.